The average molecular weight is 234 g/mol. The van der Waals surface area contributed by atoms with Gasteiger partial charge in [-0.3, -0.25) is 0 Å². The van der Waals surface area contributed by atoms with Crippen molar-refractivity contribution in [1.29, 1.82) is 0 Å². The molecule has 0 aromatic rings. The lowest BCUT2D eigenvalue weighted by Crippen LogP contribution is -2.28. The Kier molecular flexibility index (Phi) is 6.05. The fraction of sp³-hybridized carbons (Fsp3) is 0.900. The van der Waals surface area contributed by atoms with Crippen molar-refractivity contribution in [2.24, 2.45) is 0 Å². The van der Waals surface area contributed by atoms with Crippen molar-refractivity contribution < 1.29 is 19.4 Å². The quantitative estimate of drug-likeness (QED) is 0.752. The van der Waals surface area contributed by atoms with Crippen molar-refractivity contribution in [1.82, 2.24) is 0 Å². The Morgan fingerprint density at radius 1 is 1.60 bits per heavy atom. The van der Waals surface area contributed by atoms with E-state index in [-0.39, 0.29) is 0 Å². The summed E-state index contributed by atoms with van der Waals surface area (Å²) in [5, 5.41) is 9.40. The number of hydrogen-bond acceptors (Lipinski definition) is 4. The highest BCUT2D eigenvalue weighted by Gasteiger charge is 2.21. The van der Waals surface area contributed by atoms with E-state index in [1.807, 2.05) is 6.92 Å². The van der Waals surface area contributed by atoms with Gasteiger partial charge in [-0.05, 0) is 19.8 Å². The molecule has 0 aromatic carbocycles. The van der Waals surface area contributed by atoms with Gasteiger partial charge in [-0.2, -0.15) is 11.8 Å². The van der Waals surface area contributed by atoms with E-state index in [2.05, 4.69) is 0 Å². The van der Waals surface area contributed by atoms with Crippen LogP contribution in [0.1, 0.15) is 19.8 Å². The van der Waals surface area contributed by atoms with Crippen LogP contribution in [0.2, 0.25) is 0 Å². The molecule has 4 nitrogen and oxygen atoms in total. The predicted molar refractivity (Wildman–Crippen MR) is 59.3 cm³/mol. The molecule has 1 atom stereocenters. The second-order valence-electron chi connectivity index (χ2n) is 3.43. The summed E-state index contributed by atoms with van der Waals surface area (Å²) in [5.74, 6) is -0.329. The molecule has 0 radical (unpaired) electrons. The van der Waals surface area contributed by atoms with Gasteiger partial charge in [0.1, 0.15) is 0 Å². The zero-order chi connectivity index (χ0) is 11.1. The second kappa shape index (κ2) is 7.09. The van der Waals surface area contributed by atoms with Gasteiger partial charge in [0.25, 0.3) is 0 Å². The molecule has 88 valence electrons. The van der Waals surface area contributed by atoms with Crippen LogP contribution in [0.3, 0.4) is 0 Å². The summed E-state index contributed by atoms with van der Waals surface area (Å²) in [6.07, 6.45) is 1.37. The Labute approximate surface area is 94.3 Å². The number of carboxylic acids is 1. The maximum atomic E-state index is 10.8. The van der Waals surface area contributed by atoms with Crippen LogP contribution in [0, 0.1) is 0 Å². The van der Waals surface area contributed by atoms with Gasteiger partial charge >= 0.3 is 5.97 Å². The fourth-order valence-corrected chi connectivity index (χ4v) is 2.67. The van der Waals surface area contributed by atoms with Crippen LogP contribution in [0.15, 0.2) is 0 Å². The molecule has 1 fully saturated rings. The normalized spacial score (nSPS) is 20.1. The zero-order valence-electron chi connectivity index (χ0n) is 8.98. The Morgan fingerprint density at radius 3 is 2.80 bits per heavy atom. The first kappa shape index (κ1) is 12.8. The topological polar surface area (TPSA) is 55.8 Å². The first-order chi connectivity index (χ1) is 7.24. The summed E-state index contributed by atoms with van der Waals surface area (Å²) in [5.41, 5.74) is 0. The fourth-order valence-electron chi connectivity index (χ4n) is 1.46. The molecule has 0 aromatic heterocycles. The molecule has 1 N–H and O–H groups in total. The summed E-state index contributed by atoms with van der Waals surface area (Å²) in [6.45, 7) is 3.86. The molecule has 1 aliphatic heterocycles. The lowest BCUT2D eigenvalue weighted by atomic mass is 10.2. The van der Waals surface area contributed by atoms with Crippen molar-refractivity contribution in [3.63, 3.8) is 0 Å². The van der Waals surface area contributed by atoms with E-state index in [9.17, 15) is 4.79 Å². The first-order valence-corrected chi connectivity index (χ1v) is 6.32. The molecule has 15 heavy (non-hydrogen) atoms. The lowest BCUT2D eigenvalue weighted by Gasteiger charge is -2.22. The SMILES string of the molecule is CCOC(CSC1CCOCC1)C(=O)O. The van der Waals surface area contributed by atoms with Gasteiger partial charge in [0, 0.05) is 30.8 Å². The van der Waals surface area contributed by atoms with E-state index >= 15 is 0 Å². The molecule has 5 heteroatoms. The van der Waals surface area contributed by atoms with E-state index in [1.54, 1.807) is 11.8 Å². The molecule has 0 saturated carbocycles. The van der Waals surface area contributed by atoms with Crippen LogP contribution in [-0.4, -0.2) is 48.0 Å². The summed E-state index contributed by atoms with van der Waals surface area (Å²) in [7, 11) is 0. The number of hydrogen-bond donors (Lipinski definition) is 1. The minimum Gasteiger partial charge on any atom is -0.479 e. The summed E-state index contributed by atoms with van der Waals surface area (Å²) in [4.78, 5) is 10.8. The highest BCUT2D eigenvalue weighted by molar-refractivity contribution is 7.99. The number of rotatable bonds is 6. The van der Waals surface area contributed by atoms with Gasteiger partial charge in [0.2, 0.25) is 0 Å². The van der Waals surface area contributed by atoms with Crippen molar-refractivity contribution >= 4 is 17.7 Å². The minimum absolute atomic E-state index is 0.450. The van der Waals surface area contributed by atoms with Crippen LogP contribution < -0.4 is 0 Å². The number of carbonyl (C=O) groups is 1. The van der Waals surface area contributed by atoms with Crippen molar-refractivity contribution in [3.8, 4) is 0 Å². The Balaban J connectivity index is 2.22. The maximum absolute atomic E-state index is 10.8. The van der Waals surface area contributed by atoms with Gasteiger partial charge in [-0.15, -0.1) is 0 Å². The van der Waals surface area contributed by atoms with Crippen molar-refractivity contribution in [2.45, 2.75) is 31.1 Å². The molecule has 1 saturated heterocycles. The summed E-state index contributed by atoms with van der Waals surface area (Å²) >= 11 is 1.69. The third-order valence-electron chi connectivity index (χ3n) is 2.29. The highest BCUT2D eigenvalue weighted by Crippen LogP contribution is 2.23. The van der Waals surface area contributed by atoms with Crippen molar-refractivity contribution in [3.05, 3.63) is 0 Å². The van der Waals surface area contributed by atoms with Gasteiger partial charge in [0.05, 0.1) is 0 Å². The molecule has 1 heterocycles. The van der Waals surface area contributed by atoms with Gasteiger partial charge in [-0.1, -0.05) is 0 Å². The Bertz CT molecular complexity index is 192. The van der Waals surface area contributed by atoms with Gasteiger partial charge in [0.15, 0.2) is 6.10 Å². The lowest BCUT2D eigenvalue weighted by molar-refractivity contribution is -0.148. The highest BCUT2D eigenvalue weighted by atomic mass is 32.2. The van der Waals surface area contributed by atoms with Gasteiger partial charge in [-0.25, -0.2) is 4.79 Å². The van der Waals surface area contributed by atoms with E-state index in [4.69, 9.17) is 14.6 Å². The zero-order valence-corrected chi connectivity index (χ0v) is 9.79. The molecule has 0 amide bonds. The molecule has 1 rings (SSSR count). The molecule has 0 aliphatic carbocycles. The van der Waals surface area contributed by atoms with E-state index < -0.39 is 12.1 Å². The summed E-state index contributed by atoms with van der Waals surface area (Å²) < 4.78 is 10.4. The van der Waals surface area contributed by atoms with Crippen LogP contribution in [0.25, 0.3) is 0 Å². The average Bonchev–Trinajstić information content (AvgIpc) is 2.25. The summed E-state index contributed by atoms with van der Waals surface area (Å²) in [6, 6.07) is 0. The first-order valence-electron chi connectivity index (χ1n) is 5.27. The van der Waals surface area contributed by atoms with Crippen LogP contribution in [0.4, 0.5) is 0 Å². The third kappa shape index (κ3) is 4.86. The Hall–Kier alpha value is -0.260. The largest absolute Gasteiger partial charge is 0.479 e. The second-order valence-corrected chi connectivity index (χ2v) is 4.76. The Morgan fingerprint density at radius 2 is 2.27 bits per heavy atom. The molecular formula is C10H18O4S. The number of aliphatic carboxylic acids is 1. The van der Waals surface area contributed by atoms with Gasteiger partial charge < -0.3 is 14.6 Å². The van der Waals surface area contributed by atoms with E-state index in [1.165, 1.54) is 0 Å². The van der Waals surface area contributed by atoms with E-state index in [0.29, 0.717) is 17.6 Å². The molecule has 0 bridgehead atoms. The molecule has 1 aliphatic rings. The minimum atomic E-state index is -0.864. The number of carboxylic acid groups (broad SMARTS) is 1. The number of thioether (sulfide) groups is 1. The smallest absolute Gasteiger partial charge is 0.333 e. The van der Waals surface area contributed by atoms with Crippen molar-refractivity contribution in [2.75, 3.05) is 25.6 Å². The molecule has 0 spiro atoms. The monoisotopic (exact) mass is 234 g/mol. The van der Waals surface area contributed by atoms with E-state index in [0.717, 1.165) is 26.1 Å². The molecular weight excluding hydrogens is 216 g/mol. The third-order valence-corrected chi connectivity index (χ3v) is 3.73. The number of ether oxygens (including phenoxy) is 2. The maximum Gasteiger partial charge on any atom is 0.333 e. The van der Waals surface area contributed by atoms with Crippen LogP contribution in [-0.2, 0) is 14.3 Å². The van der Waals surface area contributed by atoms with Crippen LogP contribution in [0.5, 0.6) is 0 Å². The molecule has 1 unspecified atom stereocenters. The predicted octanol–water partition coefficient (Wildman–Crippen LogP) is 1.39. The standard InChI is InChI=1S/C10H18O4S/c1-2-14-9(10(11)12)7-15-8-3-5-13-6-4-8/h8-9H,2-7H2,1H3,(H,11,12). The van der Waals surface area contributed by atoms with Crippen LogP contribution >= 0.6 is 11.8 Å².